The fourth-order valence-electron chi connectivity index (χ4n) is 4.36. The summed E-state index contributed by atoms with van der Waals surface area (Å²) in [5.74, 6) is 0.164. The van der Waals surface area contributed by atoms with E-state index < -0.39 is 0 Å². The first-order valence-electron chi connectivity index (χ1n) is 10.8. The second-order valence-corrected chi connectivity index (χ2v) is 8.58. The number of nitrogens with one attached hydrogen (secondary N) is 1. The van der Waals surface area contributed by atoms with E-state index in [0.29, 0.717) is 29.5 Å². The van der Waals surface area contributed by atoms with Crippen molar-refractivity contribution in [3.8, 4) is 0 Å². The quantitative estimate of drug-likeness (QED) is 0.587. The Balaban J connectivity index is 1.37. The van der Waals surface area contributed by atoms with Crippen LogP contribution < -0.4 is 5.32 Å². The van der Waals surface area contributed by atoms with Gasteiger partial charge < -0.3 is 14.6 Å². The van der Waals surface area contributed by atoms with E-state index in [-0.39, 0.29) is 23.8 Å². The maximum absolute atomic E-state index is 13.1. The Hall–Kier alpha value is -2.79. The Bertz CT molecular complexity index is 1080. The number of likely N-dealkylation sites (tertiary alicyclic amines) is 1. The van der Waals surface area contributed by atoms with Gasteiger partial charge in [-0.1, -0.05) is 48.9 Å². The largest absolute Gasteiger partial charge is 0.451 e. The third-order valence-electron chi connectivity index (χ3n) is 6.15. The molecule has 3 aromatic rings. The summed E-state index contributed by atoms with van der Waals surface area (Å²) in [5, 5.41) is 4.55. The Labute approximate surface area is 187 Å². The van der Waals surface area contributed by atoms with Crippen molar-refractivity contribution < 1.29 is 14.0 Å². The molecule has 2 heterocycles. The molecule has 0 radical (unpaired) electrons. The molecule has 1 aliphatic heterocycles. The van der Waals surface area contributed by atoms with E-state index >= 15 is 0 Å². The fourth-order valence-corrected chi connectivity index (χ4v) is 4.54. The lowest BCUT2D eigenvalue weighted by Gasteiger charge is -2.34. The molecule has 31 heavy (non-hydrogen) atoms. The van der Waals surface area contributed by atoms with Gasteiger partial charge in [-0.05, 0) is 49.9 Å². The molecule has 162 valence electrons. The van der Waals surface area contributed by atoms with Crippen LogP contribution in [0, 0.1) is 6.92 Å². The first-order chi connectivity index (χ1) is 15.0. The Morgan fingerprint density at radius 2 is 1.87 bits per heavy atom. The number of rotatable bonds is 5. The molecule has 0 bridgehead atoms. The molecular weight excluding hydrogens is 412 g/mol. The zero-order valence-corrected chi connectivity index (χ0v) is 18.6. The molecule has 0 spiro atoms. The van der Waals surface area contributed by atoms with Gasteiger partial charge in [-0.3, -0.25) is 9.59 Å². The molecular formula is C25H27ClN2O3. The number of fused-ring (bicyclic) bond motifs is 1. The standard InChI is InChI=1S/C25H27ClN2O3/c1-3-20(17-7-5-4-6-8-17)25(30)28-13-11-19(12-14-28)27-24(29)23-16(2)21-15-18(26)9-10-22(21)31-23/h4-10,15,19-20H,3,11-14H2,1-2H3,(H,27,29). The molecule has 1 unspecified atom stereocenters. The fraction of sp³-hybridized carbons (Fsp3) is 0.360. The van der Waals surface area contributed by atoms with Gasteiger partial charge in [0.25, 0.3) is 5.91 Å². The predicted molar refractivity (Wildman–Crippen MR) is 123 cm³/mol. The van der Waals surface area contributed by atoms with Gasteiger partial charge in [0.05, 0.1) is 5.92 Å². The minimum Gasteiger partial charge on any atom is -0.451 e. The number of nitrogens with zero attached hydrogens (tertiary/aromatic N) is 1. The van der Waals surface area contributed by atoms with Crippen LogP contribution in [0.2, 0.25) is 5.02 Å². The van der Waals surface area contributed by atoms with Gasteiger partial charge in [0.2, 0.25) is 5.91 Å². The van der Waals surface area contributed by atoms with Crippen LogP contribution in [0.15, 0.2) is 52.9 Å². The lowest BCUT2D eigenvalue weighted by Crippen LogP contribution is -2.47. The maximum Gasteiger partial charge on any atom is 0.287 e. The van der Waals surface area contributed by atoms with Crippen LogP contribution in [0.4, 0.5) is 0 Å². The molecule has 2 amide bonds. The zero-order valence-electron chi connectivity index (χ0n) is 17.9. The highest BCUT2D eigenvalue weighted by Gasteiger charge is 2.29. The number of halogens is 1. The van der Waals surface area contributed by atoms with E-state index in [9.17, 15) is 9.59 Å². The summed E-state index contributed by atoms with van der Waals surface area (Å²) in [6.07, 6.45) is 2.23. The van der Waals surface area contributed by atoms with Crippen molar-refractivity contribution in [1.82, 2.24) is 10.2 Å². The van der Waals surface area contributed by atoms with Crippen LogP contribution in [0.25, 0.3) is 11.0 Å². The number of amides is 2. The van der Waals surface area contributed by atoms with E-state index in [1.165, 1.54) is 0 Å². The number of furan rings is 1. The Morgan fingerprint density at radius 1 is 1.16 bits per heavy atom. The average molecular weight is 439 g/mol. The zero-order chi connectivity index (χ0) is 22.0. The summed E-state index contributed by atoms with van der Waals surface area (Å²) in [7, 11) is 0. The lowest BCUT2D eigenvalue weighted by molar-refractivity contribution is -0.134. The third kappa shape index (κ3) is 4.47. The summed E-state index contributed by atoms with van der Waals surface area (Å²) in [5.41, 5.74) is 2.50. The van der Waals surface area contributed by atoms with Gasteiger partial charge in [0.15, 0.2) is 5.76 Å². The predicted octanol–water partition coefficient (Wildman–Crippen LogP) is 5.31. The number of carbonyl (C=O) groups excluding carboxylic acids is 2. The molecule has 0 aliphatic carbocycles. The van der Waals surface area contributed by atoms with Crippen molar-refractivity contribution >= 4 is 34.4 Å². The van der Waals surface area contributed by atoms with Crippen LogP contribution in [-0.4, -0.2) is 35.8 Å². The number of benzene rings is 2. The molecule has 2 aromatic carbocycles. The third-order valence-corrected chi connectivity index (χ3v) is 6.39. The molecule has 4 rings (SSSR count). The van der Waals surface area contributed by atoms with E-state index in [1.54, 1.807) is 12.1 Å². The smallest absolute Gasteiger partial charge is 0.287 e. The van der Waals surface area contributed by atoms with Crippen LogP contribution in [0.5, 0.6) is 0 Å². The average Bonchev–Trinajstić information content (AvgIpc) is 3.11. The highest BCUT2D eigenvalue weighted by molar-refractivity contribution is 6.31. The van der Waals surface area contributed by atoms with Crippen molar-refractivity contribution in [2.75, 3.05) is 13.1 Å². The van der Waals surface area contributed by atoms with Crippen molar-refractivity contribution in [1.29, 1.82) is 0 Å². The van der Waals surface area contributed by atoms with Crippen LogP contribution in [0.3, 0.4) is 0 Å². The van der Waals surface area contributed by atoms with E-state index in [1.807, 2.05) is 55.1 Å². The number of hydrogen-bond acceptors (Lipinski definition) is 3. The molecule has 1 atom stereocenters. The second-order valence-electron chi connectivity index (χ2n) is 8.14. The van der Waals surface area contributed by atoms with Gasteiger partial charge >= 0.3 is 0 Å². The Morgan fingerprint density at radius 3 is 2.55 bits per heavy atom. The van der Waals surface area contributed by atoms with Gasteiger partial charge in [-0.25, -0.2) is 0 Å². The van der Waals surface area contributed by atoms with E-state index in [2.05, 4.69) is 5.32 Å². The molecule has 1 aromatic heterocycles. The van der Waals surface area contributed by atoms with Gasteiger partial charge in [-0.2, -0.15) is 0 Å². The summed E-state index contributed by atoms with van der Waals surface area (Å²) in [6, 6.07) is 15.3. The molecule has 1 aliphatic rings. The van der Waals surface area contributed by atoms with E-state index in [0.717, 1.165) is 35.8 Å². The molecule has 1 N–H and O–H groups in total. The minimum atomic E-state index is -0.217. The maximum atomic E-state index is 13.1. The molecule has 6 heteroatoms. The van der Waals surface area contributed by atoms with Gasteiger partial charge in [-0.15, -0.1) is 0 Å². The molecule has 0 saturated carbocycles. The highest BCUT2D eigenvalue weighted by atomic mass is 35.5. The van der Waals surface area contributed by atoms with Crippen molar-refractivity contribution in [2.45, 2.75) is 45.1 Å². The van der Waals surface area contributed by atoms with Crippen molar-refractivity contribution in [2.24, 2.45) is 0 Å². The number of hydrogen-bond donors (Lipinski definition) is 1. The Kier molecular flexibility index (Phi) is 6.33. The summed E-state index contributed by atoms with van der Waals surface area (Å²) >= 11 is 6.07. The van der Waals surface area contributed by atoms with Gasteiger partial charge in [0.1, 0.15) is 5.58 Å². The topological polar surface area (TPSA) is 62.6 Å². The number of aryl methyl sites for hydroxylation is 1. The highest BCUT2D eigenvalue weighted by Crippen LogP contribution is 2.28. The second kappa shape index (κ2) is 9.15. The summed E-state index contributed by atoms with van der Waals surface area (Å²) in [4.78, 5) is 27.8. The SMILES string of the molecule is CCC(C(=O)N1CCC(NC(=O)c2oc3ccc(Cl)cc3c2C)CC1)c1ccccc1. The number of carbonyl (C=O) groups is 2. The monoisotopic (exact) mass is 438 g/mol. The van der Waals surface area contributed by atoms with Gasteiger partial charge in [0, 0.05) is 35.1 Å². The first-order valence-corrected chi connectivity index (χ1v) is 11.2. The normalized spacial score (nSPS) is 15.8. The molecule has 1 fully saturated rings. The minimum absolute atomic E-state index is 0.0181. The van der Waals surface area contributed by atoms with Crippen LogP contribution in [-0.2, 0) is 4.79 Å². The first kappa shape index (κ1) is 21.4. The van der Waals surface area contributed by atoms with E-state index in [4.69, 9.17) is 16.0 Å². The molecule has 1 saturated heterocycles. The molecule has 5 nitrogen and oxygen atoms in total. The summed E-state index contributed by atoms with van der Waals surface area (Å²) in [6.45, 7) is 5.20. The number of piperidine rings is 1. The van der Waals surface area contributed by atoms with Crippen LogP contribution in [0.1, 0.15) is 53.8 Å². The van der Waals surface area contributed by atoms with Crippen LogP contribution >= 0.6 is 11.6 Å². The summed E-state index contributed by atoms with van der Waals surface area (Å²) < 4.78 is 5.78. The van der Waals surface area contributed by atoms with Crippen molar-refractivity contribution in [3.05, 3.63) is 70.4 Å². The lowest BCUT2D eigenvalue weighted by atomic mass is 9.93. The van der Waals surface area contributed by atoms with Crippen molar-refractivity contribution in [3.63, 3.8) is 0 Å².